The van der Waals surface area contributed by atoms with Crippen LogP contribution in [-0.2, 0) is 19.4 Å². The lowest BCUT2D eigenvalue weighted by atomic mass is 10.2. The van der Waals surface area contributed by atoms with E-state index in [1.165, 1.54) is 10.8 Å². The lowest BCUT2D eigenvalue weighted by molar-refractivity contribution is -0.136. The van der Waals surface area contributed by atoms with E-state index < -0.39 is 28.2 Å². The largest absolute Gasteiger partial charge is 0.454 e. The van der Waals surface area contributed by atoms with Crippen molar-refractivity contribution in [2.45, 2.75) is 19.4 Å². The van der Waals surface area contributed by atoms with Gasteiger partial charge in [-0.2, -0.15) is 5.10 Å². The minimum Gasteiger partial charge on any atom is -0.454 e. The van der Waals surface area contributed by atoms with Gasteiger partial charge in [-0.25, -0.2) is 17.9 Å². The molecule has 0 spiro atoms. The number of fused-ring (bicyclic) bond motifs is 1. The fraction of sp³-hybridized carbons (Fsp3) is 0.286. The van der Waals surface area contributed by atoms with Crippen LogP contribution in [0.2, 0.25) is 5.15 Å². The number of nitrogens with zero attached hydrogens (tertiary/aromatic N) is 2. The second-order valence-electron chi connectivity index (χ2n) is 7.30. The molecule has 0 bridgehead atoms. The molecule has 2 aromatic heterocycles. The van der Waals surface area contributed by atoms with E-state index in [-0.39, 0.29) is 28.5 Å². The van der Waals surface area contributed by atoms with Crippen LogP contribution in [0.3, 0.4) is 0 Å². The number of para-hydroxylation sites is 1. The summed E-state index contributed by atoms with van der Waals surface area (Å²) in [7, 11) is -3.09. The Kier molecular flexibility index (Phi) is 5.72. The number of ether oxygens (including phenoxy) is 1. The number of carbonyl (C=O) groups excluding carboxylic acids is 2. The van der Waals surface area contributed by atoms with Crippen molar-refractivity contribution in [3.63, 3.8) is 0 Å². The van der Waals surface area contributed by atoms with Gasteiger partial charge in [-0.05, 0) is 31.6 Å². The Morgan fingerprint density at radius 3 is 2.84 bits per heavy atom. The predicted octanol–water partition coefficient (Wildman–Crippen LogP) is 3.39. The van der Waals surface area contributed by atoms with E-state index in [4.69, 9.17) is 20.8 Å². The van der Waals surface area contributed by atoms with Gasteiger partial charge in [-0.3, -0.25) is 4.79 Å². The molecule has 4 rings (SSSR count). The second kappa shape index (κ2) is 8.32. The van der Waals surface area contributed by atoms with E-state index in [2.05, 4.69) is 5.10 Å². The summed E-state index contributed by atoms with van der Waals surface area (Å²) < 4.78 is 35.4. The Hall–Kier alpha value is -2.91. The number of sulfone groups is 1. The number of hydrogen-bond donors (Lipinski definition) is 0. The average Bonchev–Trinajstić information content (AvgIpc) is 3.40. The molecule has 1 unspecified atom stereocenters. The predicted molar refractivity (Wildman–Crippen MR) is 115 cm³/mol. The molecular weight excluding hydrogens is 444 g/mol. The monoisotopic (exact) mass is 462 g/mol. The third kappa shape index (κ3) is 4.57. The molecule has 1 aliphatic rings. The van der Waals surface area contributed by atoms with Gasteiger partial charge < -0.3 is 9.15 Å². The van der Waals surface area contributed by atoms with Gasteiger partial charge >= 0.3 is 5.97 Å². The molecule has 1 saturated heterocycles. The lowest BCUT2D eigenvalue weighted by Gasteiger charge is -2.09. The zero-order chi connectivity index (χ0) is 22.2. The van der Waals surface area contributed by atoms with Crippen LogP contribution in [0.15, 0.2) is 40.8 Å². The van der Waals surface area contributed by atoms with Crippen molar-refractivity contribution in [2.75, 3.05) is 18.1 Å². The molecule has 3 heterocycles. The molecule has 0 aliphatic carbocycles. The first-order valence-corrected chi connectivity index (χ1v) is 11.7. The first-order chi connectivity index (χ1) is 14.7. The molecule has 1 aromatic carbocycles. The quantitative estimate of drug-likeness (QED) is 0.314. The summed E-state index contributed by atoms with van der Waals surface area (Å²) >= 11 is 6.37. The van der Waals surface area contributed by atoms with Crippen molar-refractivity contribution < 1.29 is 27.2 Å². The van der Waals surface area contributed by atoms with Crippen LogP contribution in [0.5, 0.6) is 0 Å². The van der Waals surface area contributed by atoms with E-state index in [1.807, 2.05) is 12.1 Å². The highest BCUT2D eigenvalue weighted by atomic mass is 35.5. The number of furan rings is 1. The van der Waals surface area contributed by atoms with Crippen LogP contribution in [-0.4, -0.2) is 48.1 Å². The minimum atomic E-state index is -3.09. The van der Waals surface area contributed by atoms with Crippen LogP contribution < -0.4 is 0 Å². The number of hydrogen-bond acceptors (Lipinski definition) is 7. The number of carbonyl (C=O) groups is 2. The fourth-order valence-corrected chi connectivity index (χ4v) is 5.53. The van der Waals surface area contributed by atoms with Gasteiger partial charge in [-0.1, -0.05) is 29.8 Å². The van der Waals surface area contributed by atoms with Crippen LogP contribution in [0.25, 0.3) is 17.0 Å². The van der Waals surface area contributed by atoms with E-state index in [9.17, 15) is 18.0 Å². The fourth-order valence-electron chi connectivity index (χ4n) is 3.46. The maximum Gasteiger partial charge on any atom is 0.331 e. The number of benzene rings is 1. The van der Waals surface area contributed by atoms with Gasteiger partial charge in [0.25, 0.3) is 0 Å². The molecule has 1 atom stereocenters. The highest BCUT2D eigenvalue weighted by Gasteiger charge is 2.31. The van der Waals surface area contributed by atoms with Gasteiger partial charge in [-0.15, -0.1) is 0 Å². The second-order valence-corrected chi connectivity index (χ2v) is 9.89. The topological polar surface area (TPSA) is 108 Å². The summed E-state index contributed by atoms with van der Waals surface area (Å²) in [5.41, 5.74) is 1.62. The maximum absolute atomic E-state index is 12.2. The Bertz CT molecular complexity index is 1270. The highest BCUT2D eigenvalue weighted by Crippen LogP contribution is 2.30. The Balaban J connectivity index is 1.39. The molecule has 10 heteroatoms. The van der Waals surface area contributed by atoms with E-state index in [0.29, 0.717) is 23.3 Å². The number of ketones is 1. The molecular formula is C21H19ClN2O6S. The molecule has 0 saturated carbocycles. The minimum absolute atomic E-state index is 0.0110. The normalized spacial score (nSPS) is 18.1. The maximum atomic E-state index is 12.2. The average molecular weight is 463 g/mol. The molecule has 1 fully saturated rings. The zero-order valence-electron chi connectivity index (χ0n) is 16.6. The molecule has 3 aromatic rings. The molecule has 162 valence electrons. The van der Waals surface area contributed by atoms with Crippen molar-refractivity contribution in [1.82, 2.24) is 9.78 Å². The van der Waals surface area contributed by atoms with Gasteiger partial charge in [0.1, 0.15) is 10.7 Å². The number of esters is 1. The summed E-state index contributed by atoms with van der Waals surface area (Å²) in [4.78, 5) is 24.3. The molecule has 0 N–H and O–H groups in total. The number of aromatic nitrogens is 2. The van der Waals surface area contributed by atoms with Crippen LogP contribution >= 0.6 is 11.6 Å². The summed E-state index contributed by atoms with van der Waals surface area (Å²) in [5.74, 6) is -0.977. The number of rotatable bonds is 6. The number of aryl methyl sites for hydroxylation is 1. The van der Waals surface area contributed by atoms with Crippen LogP contribution in [0.4, 0.5) is 0 Å². The van der Waals surface area contributed by atoms with Crippen LogP contribution in [0.1, 0.15) is 34.3 Å². The molecule has 0 amide bonds. The Morgan fingerprint density at radius 1 is 1.35 bits per heavy atom. The first-order valence-electron chi connectivity index (χ1n) is 9.55. The van der Waals surface area contributed by atoms with Crippen molar-refractivity contribution in [3.05, 3.63) is 58.6 Å². The van der Waals surface area contributed by atoms with Crippen molar-refractivity contribution in [2.24, 2.45) is 0 Å². The van der Waals surface area contributed by atoms with Crippen molar-refractivity contribution in [3.8, 4) is 0 Å². The summed E-state index contributed by atoms with van der Waals surface area (Å²) in [6.07, 6.45) is 3.04. The molecule has 1 aliphatic heterocycles. The number of Topliss-reactive ketones (excluding diaryl/α,β-unsaturated/α-hetero) is 1. The summed E-state index contributed by atoms with van der Waals surface area (Å²) in [6.45, 7) is 1.25. The zero-order valence-corrected chi connectivity index (χ0v) is 18.1. The Morgan fingerprint density at radius 2 is 2.13 bits per heavy atom. The van der Waals surface area contributed by atoms with E-state index >= 15 is 0 Å². The van der Waals surface area contributed by atoms with Crippen LogP contribution in [0, 0.1) is 6.92 Å². The first kappa shape index (κ1) is 21.3. The molecule has 0 radical (unpaired) electrons. The van der Waals surface area contributed by atoms with Crippen molar-refractivity contribution >= 4 is 50.2 Å². The van der Waals surface area contributed by atoms with E-state index in [1.54, 1.807) is 25.1 Å². The van der Waals surface area contributed by atoms with Gasteiger partial charge in [0.05, 0.1) is 23.2 Å². The smallest absolute Gasteiger partial charge is 0.331 e. The molecule has 8 nitrogen and oxygen atoms in total. The van der Waals surface area contributed by atoms with Gasteiger partial charge in [0.15, 0.2) is 22.2 Å². The summed E-state index contributed by atoms with van der Waals surface area (Å²) in [6, 6.07) is 8.46. The summed E-state index contributed by atoms with van der Waals surface area (Å²) in [5, 5.41) is 5.36. The van der Waals surface area contributed by atoms with Gasteiger partial charge in [0, 0.05) is 17.0 Å². The standard InChI is InChI=1S/C21H19ClN2O6S/c1-13-16(21(22)24(23-13)15-8-9-31(27,28)12-15)6-7-20(26)29-11-17(25)19-10-14-4-2-3-5-18(14)30-19/h2-7,10,15H,8-9,11-12H2,1H3. The SMILES string of the molecule is Cc1nn(C2CCS(=O)(=O)C2)c(Cl)c1C=CC(=O)OCC(=O)c1cc2ccccc2o1. The lowest BCUT2D eigenvalue weighted by Crippen LogP contribution is -2.12. The van der Waals surface area contributed by atoms with E-state index in [0.717, 1.165) is 11.5 Å². The third-order valence-electron chi connectivity index (χ3n) is 5.06. The Labute approximate surface area is 183 Å². The van der Waals surface area contributed by atoms with Crippen molar-refractivity contribution in [1.29, 1.82) is 0 Å². The highest BCUT2D eigenvalue weighted by molar-refractivity contribution is 7.91. The molecule has 31 heavy (non-hydrogen) atoms. The number of halogens is 1. The van der Waals surface area contributed by atoms with Gasteiger partial charge in [0.2, 0.25) is 5.78 Å². The third-order valence-corrected chi connectivity index (χ3v) is 7.18.